The van der Waals surface area contributed by atoms with E-state index in [9.17, 15) is 14.9 Å². The fourth-order valence-corrected chi connectivity index (χ4v) is 3.30. The number of ether oxygens (including phenoxy) is 2. The first-order valence-electron chi connectivity index (χ1n) is 10.8. The fraction of sp³-hybridized carbons (Fsp3) is 0.148. The Bertz CT molecular complexity index is 1300. The van der Waals surface area contributed by atoms with Crippen LogP contribution in [0.5, 0.6) is 11.5 Å². The number of hydrogen-bond acceptors (Lipinski definition) is 5. The number of nitriles is 1. The number of benzene rings is 3. The van der Waals surface area contributed by atoms with E-state index in [-0.39, 0.29) is 18.1 Å². The lowest BCUT2D eigenvalue weighted by atomic mass is 10.1. The Morgan fingerprint density at radius 3 is 2.37 bits per heavy atom. The van der Waals surface area contributed by atoms with Gasteiger partial charge in [0.15, 0.2) is 18.1 Å². The summed E-state index contributed by atoms with van der Waals surface area (Å²) in [4.78, 5) is 24.9. The molecule has 0 aliphatic rings. The first-order chi connectivity index (χ1) is 16.9. The monoisotopic (exact) mass is 489 g/mol. The van der Waals surface area contributed by atoms with Gasteiger partial charge in [-0.2, -0.15) is 5.26 Å². The number of nitrogens with one attached hydrogen (secondary N) is 2. The van der Waals surface area contributed by atoms with Crippen molar-refractivity contribution >= 4 is 40.9 Å². The fourth-order valence-electron chi connectivity index (χ4n) is 3.11. The minimum Gasteiger partial charge on any atom is -0.490 e. The highest BCUT2D eigenvalue weighted by atomic mass is 35.5. The predicted molar refractivity (Wildman–Crippen MR) is 137 cm³/mol. The van der Waals surface area contributed by atoms with Crippen LogP contribution in [0, 0.1) is 18.3 Å². The van der Waals surface area contributed by atoms with Crippen molar-refractivity contribution in [3.63, 3.8) is 0 Å². The third-order valence-electron chi connectivity index (χ3n) is 4.84. The van der Waals surface area contributed by atoms with E-state index < -0.39 is 5.91 Å². The maximum Gasteiger partial charge on any atom is 0.266 e. The topological polar surface area (TPSA) is 100 Å². The van der Waals surface area contributed by atoms with Crippen molar-refractivity contribution in [3.8, 4) is 17.6 Å². The van der Waals surface area contributed by atoms with Gasteiger partial charge in [0.25, 0.3) is 11.8 Å². The Kier molecular flexibility index (Phi) is 8.88. The summed E-state index contributed by atoms with van der Waals surface area (Å²) in [6.07, 6.45) is 1.43. The molecular formula is C27H24ClN3O4. The van der Waals surface area contributed by atoms with Gasteiger partial charge in [-0.05, 0) is 61.4 Å². The summed E-state index contributed by atoms with van der Waals surface area (Å²) < 4.78 is 11.3. The molecule has 7 nitrogen and oxygen atoms in total. The summed E-state index contributed by atoms with van der Waals surface area (Å²) in [5.74, 6) is -0.155. The average Bonchev–Trinajstić information content (AvgIpc) is 2.85. The van der Waals surface area contributed by atoms with E-state index in [1.807, 2.05) is 44.2 Å². The van der Waals surface area contributed by atoms with Crippen molar-refractivity contribution in [2.24, 2.45) is 0 Å². The van der Waals surface area contributed by atoms with Crippen LogP contribution in [0.15, 0.2) is 72.3 Å². The lowest BCUT2D eigenvalue weighted by Gasteiger charge is -2.13. The Morgan fingerprint density at radius 2 is 1.69 bits per heavy atom. The van der Waals surface area contributed by atoms with Crippen molar-refractivity contribution in [2.45, 2.75) is 13.8 Å². The van der Waals surface area contributed by atoms with Gasteiger partial charge in [-0.1, -0.05) is 48.0 Å². The summed E-state index contributed by atoms with van der Waals surface area (Å²) in [7, 11) is 0. The van der Waals surface area contributed by atoms with E-state index in [0.29, 0.717) is 40.1 Å². The summed E-state index contributed by atoms with van der Waals surface area (Å²) in [5.41, 5.74) is 2.50. The number of carbonyl (C=O) groups is 2. The quantitative estimate of drug-likeness (QED) is 0.300. The molecule has 0 unspecified atom stereocenters. The molecule has 178 valence electrons. The molecule has 2 N–H and O–H groups in total. The van der Waals surface area contributed by atoms with Crippen molar-refractivity contribution in [1.29, 1.82) is 5.26 Å². The molecular weight excluding hydrogens is 466 g/mol. The van der Waals surface area contributed by atoms with Gasteiger partial charge in [-0.3, -0.25) is 9.59 Å². The van der Waals surface area contributed by atoms with Crippen LogP contribution in [-0.4, -0.2) is 25.0 Å². The van der Waals surface area contributed by atoms with Crippen molar-refractivity contribution in [1.82, 2.24) is 0 Å². The molecule has 0 spiro atoms. The van der Waals surface area contributed by atoms with Gasteiger partial charge in [-0.15, -0.1) is 0 Å². The second-order valence-electron chi connectivity index (χ2n) is 7.39. The third kappa shape index (κ3) is 7.10. The molecule has 0 aliphatic carbocycles. The minimum atomic E-state index is -0.591. The van der Waals surface area contributed by atoms with Crippen LogP contribution >= 0.6 is 11.6 Å². The molecule has 0 heterocycles. The summed E-state index contributed by atoms with van der Waals surface area (Å²) in [5, 5.41) is 15.3. The molecule has 3 aromatic carbocycles. The summed E-state index contributed by atoms with van der Waals surface area (Å²) in [6.45, 7) is 3.86. The van der Waals surface area contributed by atoms with E-state index in [0.717, 1.165) is 5.56 Å². The number of rotatable bonds is 9. The van der Waals surface area contributed by atoms with E-state index in [2.05, 4.69) is 10.6 Å². The van der Waals surface area contributed by atoms with E-state index in [4.69, 9.17) is 21.1 Å². The second-order valence-corrected chi connectivity index (χ2v) is 7.80. The Hall–Kier alpha value is -4.28. The van der Waals surface area contributed by atoms with Gasteiger partial charge in [0.2, 0.25) is 0 Å². The highest BCUT2D eigenvalue weighted by Gasteiger charge is 2.14. The summed E-state index contributed by atoms with van der Waals surface area (Å²) in [6, 6.07) is 21.0. The maximum absolute atomic E-state index is 12.6. The number of para-hydroxylation sites is 2. The molecule has 8 heteroatoms. The van der Waals surface area contributed by atoms with Gasteiger partial charge in [-0.25, -0.2) is 0 Å². The van der Waals surface area contributed by atoms with Gasteiger partial charge in [0.05, 0.1) is 17.3 Å². The highest BCUT2D eigenvalue weighted by molar-refractivity contribution is 6.34. The molecule has 0 saturated carbocycles. The zero-order valence-electron chi connectivity index (χ0n) is 19.3. The van der Waals surface area contributed by atoms with Crippen molar-refractivity contribution in [3.05, 3.63) is 88.5 Å². The molecule has 35 heavy (non-hydrogen) atoms. The molecule has 0 radical (unpaired) electrons. The summed E-state index contributed by atoms with van der Waals surface area (Å²) >= 11 is 6.08. The molecule has 0 fully saturated rings. The normalized spacial score (nSPS) is 10.7. The van der Waals surface area contributed by atoms with E-state index >= 15 is 0 Å². The first kappa shape index (κ1) is 25.3. The van der Waals surface area contributed by atoms with E-state index in [1.54, 1.807) is 42.5 Å². The number of carbonyl (C=O) groups excluding carboxylic acids is 2. The van der Waals surface area contributed by atoms with Crippen LogP contribution in [0.3, 0.4) is 0 Å². The smallest absolute Gasteiger partial charge is 0.266 e. The number of nitrogens with zero attached hydrogens (tertiary/aromatic N) is 1. The van der Waals surface area contributed by atoms with Gasteiger partial charge >= 0.3 is 0 Å². The molecule has 3 rings (SSSR count). The van der Waals surface area contributed by atoms with Crippen LogP contribution in [0.1, 0.15) is 18.1 Å². The van der Waals surface area contributed by atoms with E-state index in [1.165, 1.54) is 6.08 Å². The zero-order chi connectivity index (χ0) is 25.2. The minimum absolute atomic E-state index is 0.112. The lowest BCUT2D eigenvalue weighted by molar-refractivity contribution is -0.118. The average molecular weight is 490 g/mol. The van der Waals surface area contributed by atoms with Crippen LogP contribution < -0.4 is 20.1 Å². The van der Waals surface area contributed by atoms with Crippen molar-refractivity contribution < 1.29 is 19.1 Å². The Morgan fingerprint density at radius 1 is 0.971 bits per heavy atom. The maximum atomic E-state index is 12.6. The predicted octanol–water partition coefficient (Wildman–Crippen LogP) is 5.61. The third-order valence-corrected chi connectivity index (χ3v) is 5.17. The van der Waals surface area contributed by atoms with Gasteiger partial charge in [0.1, 0.15) is 11.6 Å². The molecule has 0 aliphatic heterocycles. The number of amides is 2. The number of aryl methyl sites for hydroxylation is 1. The van der Waals surface area contributed by atoms with Crippen LogP contribution in [0.2, 0.25) is 5.02 Å². The molecule has 0 atom stereocenters. The molecule has 0 aromatic heterocycles. The number of anilines is 2. The number of halogens is 1. The Labute approximate surface area is 208 Å². The lowest BCUT2D eigenvalue weighted by Crippen LogP contribution is -2.20. The molecule has 3 aromatic rings. The van der Waals surface area contributed by atoms with Crippen LogP contribution in [-0.2, 0) is 9.59 Å². The standard InChI is InChI=1S/C27H24ClN3O4/c1-3-34-25-15-19(14-20(16-29)27(33)31-23-11-7-5-9-21(23)28)12-13-24(25)35-17-26(32)30-22-10-6-4-8-18(22)2/h4-15H,3,17H2,1-2H3,(H,30,32)(H,31,33)/b20-14+. The van der Waals surface area contributed by atoms with Gasteiger partial charge < -0.3 is 20.1 Å². The number of hydrogen-bond donors (Lipinski definition) is 2. The highest BCUT2D eigenvalue weighted by Crippen LogP contribution is 2.30. The first-order valence-corrected chi connectivity index (χ1v) is 11.2. The van der Waals surface area contributed by atoms with Crippen LogP contribution in [0.25, 0.3) is 6.08 Å². The molecule has 0 bridgehead atoms. The SMILES string of the molecule is CCOc1cc(/C=C(\C#N)C(=O)Nc2ccccc2Cl)ccc1OCC(=O)Nc1ccccc1C. The van der Waals surface area contributed by atoms with Crippen molar-refractivity contribution in [2.75, 3.05) is 23.8 Å². The van der Waals surface area contributed by atoms with Gasteiger partial charge in [0, 0.05) is 5.69 Å². The Balaban J connectivity index is 1.72. The van der Waals surface area contributed by atoms with Crippen LogP contribution in [0.4, 0.5) is 11.4 Å². The molecule has 2 amide bonds. The largest absolute Gasteiger partial charge is 0.490 e. The molecule has 0 saturated heterocycles. The zero-order valence-corrected chi connectivity index (χ0v) is 20.1. The second kappa shape index (κ2) is 12.3.